The molecule has 23 heavy (non-hydrogen) atoms. The number of hydrogen-bond donors (Lipinski definition) is 0. The molecule has 1 nitrogen and oxygen atoms in total. The average molecular weight is 336 g/mol. The van der Waals surface area contributed by atoms with Gasteiger partial charge in [0.25, 0.3) is 0 Å². The summed E-state index contributed by atoms with van der Waals surface area (Å²) in [7, 11) is 0. The molecule has 0 spiro atoms. The Bertz CT molecular complexity index is 495. The zero-order chi connectivity index (χ0) is 17.0. The van der Waals surface area contributed by atoms with E-state index in [1.807, 2.05) is 0 Å². The lowest BCUT2D eigenvalue weighted by atomic mass is 9.85. The largest absolute Gasteiger partial charge is 0.422 e. The minimum atomic E-state index is -5.04. The van der Waals surface area contributed by atoms with Crippen LogP contribution >= 0.6 is 0 Å². The molecule has 1 aliphatic rings. The normalized spacial score (nSPS) is 22.3. The van der Waals surface area contributed by atoms with Crippen LogP contribution in [0, 0.1) is 17.6 Å². The summed E-state index contributed by atoms with van der Waals surface area (Å²) in [5.74, 6) is -2.48. The molecular weight excluding hydrogens is 315 g/mol. The number of rotatable bonds is 5. The van der Waals surface area contributed by atoms with E-state index in [1.165, 1.54) is 6.42 Å². The lowest BCUT2D eigenvalue weighted by molar-refractivity contribution is -0.142. The monoisotopic (exact) mass is 336 g/mol. The smallest absolute Gasteiger partial charge is 0.374 e. The van der Waals surface area contributed by atoms with Crippen LogP contribution in [0.2, 0.25) is 0 Å². The van der Waals surface area contributed by atoms with Gasteiger partial charge in [-0.05, 0) is 49.3 Å². The molecule has 1 aliphatic carbocycles. The van der Waals surface area contributed by atoms with Crippen molar-refractivity contribution in [3.05, 3.63) is 34.9 Å². The van der Waals surface area contributed by atoms with Crippen LogP contribution in [0.1, 0.15) is 56.6 Å². The van der Waals surface area contributed by atoms with E-state index >= 15 is 0 Å². The highest BCUT2D eigenvalue weighted by Gasteiger charge is 2.37. The Morgan fingerprint density at radius 3 is 2.09 bits per heavy atom. The molecule has 1 aromatic rings. The summed E-state index contributed by atoms with van der Waals surface area (Å²) in [6.45, 7) is 2.07. The summed E-state index contributed by atoms with van der Waals surface area (Å²) in [4.78, 5) is 0. The first-order valence-corrected chi connectivity index (χ1v) is 7.98. The molecule has 0 N–H and O–H groups in total. The van der Waals surface area contributed by atoms with Gasteiger partial charge in [0, 0.05) is 0 Å². The van der Waals surface area contributed by atoms with Crippen LogP contribution in [0.15, 0.2) is 12.1 Å². The predicted molar refractivity (Wildman–Crippen MR) is 76.8 cm³/mol. The summed E-state index contributed by atoms with van der Waals surface area (Å²) >= 11 is 0. The van der Waals surface area contributed by atoms with Crippen LogP contribution in [-0.4, -0.2) is 6.10 Å². The Morgan fingerprint density at radius 2 is 1.61 bits per heavy atom. The van der Waals surface area contributed by atoms with Gasteiger partial charge in [-0.2, -0.15) is 13.2 Å². The molecule has 6 heteroatoms. The van der Waals surface area contributed by atoms with E-state index in [1.54, 1.807) is 0 Å². The van der Waals surface area contributed by atoms with Gasteiger partial charge in [-0.25, -0.2) is 8.78 Å². The molecule has 0 radical (unpaired) electrons. The summed E-state index contributed by atoms with van der Waals surface area (Å²) in [5.41, 5.74) is -1.76. The number of ether oxygens (including phenoxy) is 1. The van der Waals surface area contributed by atoms with E-state index < -0.39 is 23.4 Å². The van der Waals surface area contributed by atoms with Gasteiger partial charge in [-0.15, -0.1) is 0 Å². The maximum Gasteiger partial charge on any atom is 0.422 e. The molecule has 0 heterocycles. The van der Waals surface area contributed by atoms with Gasteiger partial charge in [0.2, 0.25) is 0 Å². The van der Waals surface area contributed by atoms with E-state index in [0.29, 0.717) is 18.1 Å². The highest BCUT2D eigenvalue weighted by molar-refractivity contribution is 5.28. The minimum Gasteiger partial charge on any atom is -0.374 e. The van der Waals surface area contributed by atoms with Crippen molar-refractivity contribution in [3.8, 4) is 0 Å². The van der Waals surface area contributed by atoms with Crippen LogP contribution in [0.5, 0.6) is 0 Å². The number of alkyl halides is 3. The molecule has 2 rings (SSSR count). The van der Waals surface area contributed by atoms with Crippen molar-refractivity contribution < 1.29 is 26.7 Å². The fourth-order valence-corrected chi connectivity index (χ4v) is 3.19. The van der Waals surface area contributed by atoms with Crippen molar-refractivity contribution in [3.63, 3.8) is 0 Å². The second-order valence-electron chi connectivity index (χ2n) is 6.17. The van der Waals surface area contributed by atoms with Gasteiger partial charge in [-0.1, -0.05) is 19.8 Å². The maximum atomic E-state index is 13.5. The molecule has 0 bridgehead atoms. The van der Waals surface area contributed by atoms with Crippen molar-refractivity contribution in [2.75, 3.05) is 0 Å². The second kappa shape index (κ2) is 7.60. The van der Waals surface area contributed by atoms with Gasteiger partial charge in [0.05, 0.1) is 12.7 Å². The Hall–Kier alpha value is -1.17. The second-order valence-corrected chi connectivity index (χ2v) is 6.17. The lowest BCUT2D eigenvalue weighted by Gasteiger charge is -2.28. The molecular formula is C17H21F5O. The highest BCUT2D eigenvalue weighted by Crippen LogP contribution is 2.34. The van der Waals surface area contributed by atoms with E-state index in [4.69, 9.17) is 4.74 Å². The Labute approximate surface area is 132 Å². The molecule has 0 aromatic heterocycles. The first kappa shape index (κ1) is 18.2. The number of halogens is 5. The Morgan fingerprint density at radius 1 is 1.04 bits per heavy atom. The molecule has 1 fully saturated rings. The summed E-state index contributed by atoms with van der Waals surface area (Å²) in [6.07, 6.45) is 1.22. The SMILES string of the molecule is CCCC1CCC(OCc2cc(F)c(C(F)(F)F)c(F)c2)CC1. The molecule has 0 unspecified atom stereocenters. The molecule has 1 aromatic carbocycles. The standard InChI is InChI=1S/C17H21F5O/c1-2-3-11-4-6-13(7-5-11)23-10-12-8-14(18)16(15(19)9-12)17(20,21)22/h8-9,11,13H,2-7,10H2,1H3. The van der Waals surface area contributed by atoms with Gasteiger partial charge in [0.15, 0.2) is 0 Å². The van der Waals surface area contributed by atoms with Gasteiger partial charge in [0.1, 0.15) is 17.2 Å². The minimum absolute atomic E-state index is 0.0107. The molecule has 0 aliphatic heterocycles. The Kier molecular flexibility index (Phi) is 6.00. The van der Waals surface area contributed by atoms with Crippen molar-refractivity contribution >= 4 is 0 Å². The quantitative estimate of drug-likeness (QED) is 0.612. The van der Waals surface area contributed by atoms with Gasteiger partial charge in [-0.3, -0.25) is 0 Å². The third kappa shape index (κ3) is 4.90. The summed E-state index contributed by atoms with van der Waals surface area (Å²) < 4.78 is 70.1. The predicted octanol–water partition coefficient (Wildman–Crippen LogP) is 5.86. The fraction of sp³-hybridized carbons (Fsp3) is 0.647. The maximum absolute atomic E-state index is 13.5. The van der Waals surface area contributed by atoms with Crippen molar-refractivity contribution in [1.82, 2.24) is 0 Å². The van der Waals surface area contributed by atoms with Crippen LogP contribution < -0.4 is 0 Å². The fourth-order valence-electron chi connectivity index (χ4n) is 3.19. The topological polar surface area (TPSA) is 9.23 Å². The van der Waals surface area contributed by atoms with Crippen molar-refractivity contribution in [1.29, 1.82) is 0 Å². The van der Waals surface area contributed by atoms with E-state index in [2.05, 4.69) is 6.92 Å². The van der Waals surface area contributed by atoms with Crippen molar-refractivity contribution in [2.45, 2.75) is 64.3 Å². The highest BCUT2D eigenvalue weighted by atomic mass is 19.4. The molecule has 0 amide bonds. The van der Waals surface area contributed by atoms with Crippen LogP contribution in [0.3, 0.4) is 0 Å². The molecule has 1 saturated carbocycles. The first-order valence-electron chi connectivity index (χ1n) is 7.98. The van der Waals surface area contributed by atoms with E-state index in [-0.39, 0.29) is 18.3 Å². The van der Waals surface area contributed by atoms with Crippen LogP contribution in [-0.2, 0) is 17.5 Å². The number of hydrogen-bond acceptors (Lipinski definition) is 1. The van der Waals surface area contributed by atoms with Crippen LogP contribution in [0.4, 0.5) is 22.0 Å². The van der Waals surface area contributed by atoms with Gasteiger partial charge >= 0.3 is 6.18 Å². The Balaban J connectivity index is 1.92. The molecule has 130 valence electrons. The van der Waals surface area contributed by atoms with Gasteiger partial charge < -0.3 is 4.74 Å². The average Bonchev–Trinajstić information content (AvgIpc) is 2.44. The third-order valence-corrected chi connectivity index (χ3v) is 4.36. The third-order valence-electron chi connectivity index (χ3n) is 4.36. The van der Waals surface area contributed by atoms with Crippen LogP contribution in [0.25, 0.3) is 0 Å². The molecule has 0 atom stereocenters. The zero-order valence-electron chi connectivity index (χ0n) is 13.1. The molecule has 0 saturated heterocycles. The summed E-state index contributed by atoms with van der Waals surface area (Å²) in [6, 6.07) is 1.41. The zero-order valence-corrected chi connectivity index (χ0v) is 13.1. The van der Waals surface area contributed by atoms with E-state index in [9.17, 15) is 22.0 Å². The summed E-state index contributed by atoms with van der Waals surface area (Å²) in [5, 5.41) is 0. The first-order chi connectivity index (χ1) is 10.8. The lowest BCUT2D eigenvalue weighted by Crippen LogP contribution is -2.21. The van der Waals surface area contributed by atoms with Crippen molar-refractivity contribution in [2.24, 2.45) is 5.92 Å². The number of benzene rings is 1. The van der Waals surface area contributed by atoms with E-state index in [0.717, 1.165) is 32.1 Å².